The summed E-state index contributed by atoms with van der Waals surface area (Å²) in [6.07, 6.45) is 0. The molecule has 0 unspecified atom stereocenters. The van der Waals surface area contributed by atoms with E-state index in [1.807, 2.05) is 19.1 Å². The van der Waals surface area contributed by atoms with Gasteiger partial charge in [0.25, 0.3) is 0 Å². The molecule has 0 bridgehead atoms. The fourth-order valence-electron chi connectivity index (χ4n) is 1.15. The molecule has 0 saturated heterocycles. The van der Waals surface area contributed by atoms with E-state index in [9.17, 15) is 0 Å². The first kappa shape index (κ1) is 11.0. The molecule has 0 saturated carbocycles. The molecule has 2 rings (SSSR count). The normalized spacial score (nSPS) is 9.81. The minimum absolute atomic E-state index is 0.610. The molecule has 0 radical (unpaired) electrons. The number of nitrogens with zero attached hydrogens (tertiary/aromatic N) is 3. The summed E-state index contributed by atoms with van der Waals surface area (Å²) in [5.74, 6) is 0.750. The van der Waals surface area contributed by atoms with Crippen LogP contribution in [0.3, 0.4) is 0 Å². The fraction of sp³-hybridized carbons (Fsp3) is 0.100. The molecule has 1 aromatic heterocycles. The summed E-state index contributed by atoms with van der Waals surface area (Å²) >= 11 is 4.64. The van der Waals surface area contributed by atoms with E-state index in [1.165, 1.54) is 11.5 Å². The van der Waals surface area contributed by atoms with Crippen molar-refractivity contribution in [1.29, 1.82) is 5.26 Å². The van der Waals surface area contributed by atoms with Gasteiger partial charge in [0.05, 0.1) is 5.56 Å². The van der Waals surface area contributed by atoms with Crippen LogP contribution in [0, 0.1) is 18.3 Å². The molecule has 1 aromatic carbocycles. The summed E-state index contributed by atoms with van der Waals surface area (Å²) in [7, 11) is 0. The Bertz CT molecular complexity index is 558. The Morgan fingerprint density at radius 1 is 1.50 bits per heavy atom. The van der Waals surface area contributed by atoms with Gasteiger partial charge >= 0.3 is 0 Å². The SMILES string of the molecule is Cc1nsc(Nc2ccc(C#N)c(Br)c2)n1. The molecule has 4 nitrogen and oxygen atoms in total. The van der Waals surface area contributed by atoms with Gasteiger partial charge in [-0.05, 0) is 41.1 Å². The van der Waals surface area contributed by atoms with Crippen molar-refractivity contribution >= 4 is 38.3 Å². The molecular weight excluding hydrogens is 288 g/mol. The minimum Gasteiger partial charge on any atom is -0.330 e. The maximum atomic E-state index is 8.78. The number of hydrogen-bond donors (Lipinski definition) is 1. The van der Waals surface area contributed by atoms with Crippen molar-refractivity contribution < 1.29 is 0 Å². The van der Waals surface area contributed by atoms with Gasteiger partial charge in [0, 0.05) is 21.7 Å². The molecular formula is C10H7BrN4S. The van der Waals surface area contributed by atoms with Crippen molar-refractivity contribution in [3.63, 3.8) is 0 Å². The highest BCUT2D eigenvalue weighted by Gasteiger charge is 2.03. The number of nitrogens with one attached hydrogen (secondary N) is 1. The monoisotopic (exact) mass is 294 g/mol. The molecule has 0 aliphatic heterocycles. The van der Waals surface area contributed by atoms with E-state index in [0.29, 0.717) is 5.56 Å². The molecule has 0 aliphatic carbocycles. The zero-order valence-electron chi connectivity index (χ0n) is 8.36. The van der Waals surface area contributed by atoms with Crippen LogP contribution >= 0.6 is 27.5 Å². The minimum atomic E-state index is 0.610. The van der Waals surface area contributed by atoms with Crippen LogP contribution < -0.4 is 5.32 Å². The maximum absolute atomic E-state index is 8.78. The summed E-state index contributed by atoms with van der Waals surface area (Å²) in [6.45, 7) is 1.84. The second-order valence-electron chi connectivity index (χ2n) is 3.08. The first-order valence-electron chi connectivity index (χ1n) is 4.46. The van der Waals surface area contributed by atoms with E-state index in [-0.39, 0.29) is 0 Å². The van der Waals surface area contributed by atoms with Crippen LogP contribution in [0.25, 0.3) is 0 Å². The average Bonchev–Trinajstić information content (AvgIpc) is 2.64. The Kier molecular flexibility index (Phi) is 3.17. The number of halogens is 1. The average molecular weight is 295 g/mol. The van der Waals surface area contributed by atoms with Crippen molar-refractivity contribution in [2.45, 2.75) is 6.92 Å². The smallest absolute Gasteiger partial charge is 0.207 e. The number of anilines is 2. The number of benzene rings is 1. The largest absolute Gasteiger partial charge is 0.330 e. The molecule has 0 aliphatic rings. The van der Waals surface area contributed by atoms with Gasteiger partial charge in [0.15, 0.2) is 0 Å². The Morgan fingerprint density at radius 2 is 2.31 bits per heavy atom. The Labute approximate surface area is 105 Å². The summed E-state index contributed by atoms with van der Waals surface area (Å²) in [5.41, 5.74) is 1.49. The molecule has 16 heavy (non-hydrogen) atoms. The van der Waals surface area contributed by atoms with E-state index in [1.54, 1.807) is 6.07 Å². The summed E-state index contributed by atoms with van der Waals surface area (Å²) < 4.78 is 4.84. The van der Waals surface area contributed by atoms with Crippen molar-refractivity contribution in [2.24, 2.45) is 0 Å². The van der Waals surface area contributed by atoms with Gasteiger partial charge in [0.2, 0.25) is 5.13 Å². The topological polar surface area (TPSA) is 61.6 Å². The molecule has 0 spiro atoms. The fourth-order valence-corrected chi connectivity index (χ4v) is 2.22. The third-order valence-corrected chi connectivity index (χ3v) is 3.25. The lowest BCUT2D eigenvalue weighted by atomic mass is 10.2. The first-order chi connectivity index (χ1) is 7.69. The molecule has 2 aromatic rings. The zero-order chi connectivity index (χ0) is 11.5. The highest BCUT2D eigenvalue weighted by Crippen LogP contribution is 2.24. The number of aromatic nitrogens is 2. The standard InChI is InChI=1S/C10H7BrN4S/c1-6-13-10(16-15-6)14-8-3-2-7(5-12)9(11)4-8/h2-4H,1H3,(H,13,14,15). The quantitative estimate of drug-likeness (QED) is 0.924. The molecule has 1 heterocycles. The van der Waals surface area contributed by atoms with Crippen LogP contribution in [0.2, 0.25) is 0 Å². The van der Waals surface area contributed by atoms with Gasteiger partial charge in [-0.25, -0.2) is 4.98 Å². The Hall–Kier alpha value is -1.45. The molecule has 0 fully saturated rings. The summed E-state index contributed by atoms with van der Waals surface area (Å²) in [4.78, 5) is 4.19. The van der Waals surface area contributed by atoms with Gasteiger partial charge in [-0.1, -0.05) is 0 Å². The third-order valence-electron chi connectivity index (χ3n) is 1.87. The van der Waals surface area contributed by atoms with Gasteiger partial charge in [0.1, 0.15) is 11.9 Å². The molecule has 0 amide bonds. The van der Waals surface area contributed by atoms with E-state index < -0.39 is 0 Å². The van der Waals surface area contributed by atoms with Crippen LogP contribution in [-0.2, 0) is 0 Å². The van der Waals surface area contributed by atoms with Crippen LogP contribution in [0.15, 0.2) is 22.7 Å². The van der Waals surface area contributed by atoms with Crippen LogP contribution in [-0.4, -0.2) is 9.36 Å². The van der Waals surface area contributed by atoms with Gasteiger partial charge in [-0.3, -0.25) is 0 Å². The number of rotatable bonds is 2. The van der Waals surface area contributed by atoms with Crippen LogP contribution in [0.4, 0.5) is 10.8 Å². The Morgan fingerprint density at radius 3 is 2.88 bits per heavy atom. The second-order valence-corrected chi connectivity index (χ2v) is 4.68. The number of hydrogen-bond acceptors (Lipinski definition) is 5. The molecule has 6 heteroatoms. The molecule has 1 N–H and O–H groups in total. The van der Waals surface area contributed by atoms with Crippen molar-refractivity contribution in [3.8, 4) is 6.07 Å². The van der Waals surface area contributed by atoms with Crippen LogP contribution in [0.5, 0.6) is 0 Å². The van der Waals surface area contributed by atoms with Gasteiger partial charge in [-0.2, -0.15) is 9.64 Å². The predicted molar refractivity (Wildman–Crippen MR) is 66.8 cm³/mol. The van der Waals surface area contributed by atoms with E-state index in [2.05, 4.69) is 36.7 Å². The second kappa shape index (κ2) is 4.60. The van der Waals surface area contributed by atoms with E-state index >= 15 is 0 Å². The maximum Gasteiger partial charge on any atom is 0.207 e. The number of aryl methyl sites for hydroxylation is 1. The lowest BCUT2D eigenvalue weighted by Crippen LogP contribution is -1.90. The third kappa shape index (κ3) is 2.38. The number of nitriles is 1. The highest BCUT2D eigenvalue weighted by molar-refractivity contribution is 9.10. The first-order valence-corrected chi connectivity index (χ1v) is 6.02. The van der Waals surface area contributed by atoms with E-state index in [0.717, 1.165) is 21.1 Å². The van der Waals surface area contributed by atoms with Crippen LogP contribution in [0.1, 0.15) is 11.4 Å². The highest BCUT2D eigenvalue weighted by atomic mass is 79.9. The summed E-state index contributed by atoms with van der Waals surface area (Å²) in [5, 5.41) is 12.6. The van der Waals surface area contributed by atoms with Crippen molar-refractivity contribution in [1.82, 2.24) is 9.36 Å². The lowest BCUT2D eigenvalue weighted by molar-refractivity contribution is 1.17. The van der Waals surface area contributed by atoms with Crippen molar-refractivity contribution in [3.05, 3.63) is 34.1 Å². The summed E-state index contributed by atoms with van der Waals surface area (Å²) in [6, 6.07) is 7.52. The van der Waals surface area contributed by atoms with Gasteiger partial charge in [-0.15, -0.1) is 0 Å². The molecule has 80 valence electrons. The zero-order valence-corrected chi connectivity index (χ0v) is 10.8. The van der Waals surface area contributed by atoms with Crippen molar-refractivity contribution in [2.75, 3.05) is 5.32 Å². The molecule has 0 atom stereocenters. The van der Waals surface area contributed by atoms with E-state index in [4.69, 9.17) is 5.26 Å². The van der Waals surface area contributed by atoms with Gasteiger partial charge < -0.3 is 5.32 Å². The lowest BCUT2D eigenvalue weighted by Gasteiger charge is -2.03. The predicted octanol–water partition coefficient (Wildman–Crippen LogP) is 3.22. The Balaban J connectivity index is 2.23.